The number of unbranched alkanes of at least 4 members (excludes halogenated alkanes) is 2. The number of allylic oxidation sites excluding steroid dienone is 2. The zero-order valence-corrected chi connectivity index (χ0v) is 17.2. The number of hydrogen-bond acceptors (Lipinski definition) is 3. The van der Waals surface area contributed by atoms with E-state index in [4.69, 9.17) is 5.11 Å². The lowest BCUT2D eigenvalue weighted by Crippen LogP contribution is -2.33. The second-order valence-electron chi connectivity index (χ2n) is 8.26. The van der Waals surface area contributed by atoms with Gasteiger partial charge in [0.1, 0.15) is 5.67 Å². The Labute approximate surface area is 167 Å². The number of rotatable bonds is 13. The van der Waals surface area contributed by atoms with Gasteiger partial charge in [-0.05, 0) is 57.4 Å². The summed E-state index contributed by atoms with van der Waals surface area (Å²) in [5, 5.41) is 29.1. The highest BCUT2D eigenvalue weighted by Gasteiger charge is 2.47. The van der Waals surface area contributed by atoms with Crippen molar-refractivity contribution in [3.63, 3.8) is 0 Å². The monoisotopic (exact) mass is 402 g/mol. The van der Waals surface area contributed by atoms with Crippen molar-refractivity contribution in [2.75, 3.05) is 0 Å². The topological polar surface area (TPSA) is 77.8 Å². The van der Waals surface area contributed by atoms with E-state index in [9.17, 15) is 19.4 Å². The smallest absolute Gasteiger partial charge is 0.345 e. The van der Waals surface area contributed by atoms with E-state index in [1.807, 2.05) is 0 Å². The number of halogens is 2. The normalized spacial score (nSPS) is 28.4. The van der Waals surface area contributed by atoms with Crippen LogP contribution < -0.4 is 0 Å². The fourth-order valence-electron chi connectivity index (χ4n) is 3.79. The highest BCUT2D eigenvalue weighted by atomic mass is 19.1. The Hall–Kier alpha value is -1.27. The van der Waals surface area contributed by atoms with Gasteiger partial charge in [0.05, 0.1) is 12.2 Å². The first-order chi connectivity index (χ1) is 13.0. The molecule has 1 saturated carbocycles. The molecule has 0 aromatic heterocycles. The number of carbonyl (C=O) groups is 1. The maximum atomic E-state index is 15.4. The van der Waals surface area contributed by atoms with Crippen LogP contribution in [0.25, 0.3) is 0 Å². The van der Waals surface area contributed by atoms with E-state index in [0.29, 0.717) is 19.3 Å². The molecule has 162 valence electrons. The van der Waals surface area contributed by atoms with Crippen LogP contribution >= 0.6 is 0 Å². The van der Waals surface area contributed by atoms with Crippen LogP contribution in [0.5, 0.6) is 0 Å². The van der Waals surface area contributed by atoms with Crippen LogP contribution in [0.2, 0.25) is 0 Å². The minimum absolute atomic E-state index is 0.0392. The molecule has 4 nitrogen and oxygen atoms in total. The lowest BCUT2D eigenvalue weighted by molar-refractivity contribution is -0.147. The largest absolute Gasteiger partial charge is 0.479 e. The third kappa shape index (κ3) is 6.96. The highest BCUT2D eigenvalue weighted by Crippen LogP contribution is 2.45. The molecule has 0 heterocycles. The van der Waals surface area contributed by atoms with Crippen LogP contribution in [-0.4, -0.2) is 44.8 Å². The molecule has 28 heavy (non-hydrogen) atoms. The van der Waals surface area contributed by atoms with Gasteiger partial charge in [-0.1, -0.05) is 44.9 Å². The molecular weight excluding hydrogens is 366 g/mol. The molecule has 1 fully saturated rings. The maximum absolute atomic E-state index is 15.4. The molecule has 6 heteroatoms. The molecule has 0 aromatic carbocycles. The molecule has 0 aromatic rings. The first kappa shape index (κ1) is 24.8. The predicted octanol–water partition coefficient (Wildman–Crippen LogP) is 4.89. The molecule has 0 amide bonds. The Bertz CT molecular complexity index is 547. The molecule has 0 saturated heterocycles. The number of hydrogen-bond donors (Lipinski definition) is 3. The van der Waals surface area contributed by atoms with Crippen molar-refractivity contribution in [3.05, 3.63) is 24.3 Å². The van der Waals surface area contributed by atoms with E-state index in [-0.39, 0.29) is 31.3 Å². The molecule has 0 spiro atoms. The Kier molecular flexibility index (Phi) is 9.78. The molecular formula is C22H36F2O4. The summed E-state index contributed by atoms with van der Waals surface area (Å²) < 4.78 is 29.3. The van der Waals surface area contributed by atoms with Gasteiger partial charge in [0, 0.05) is 5.92 Å². The van der Waals surface area contributed by atoms with Gasteiger partial charge < -0.3 is 15.3 Å². The van der Waals surface area contributed by atoms with Crippen LogP contribution in [0.15, 0.2) is 24.3 Å². The molecule has 3 N–H and O–H groups in total. The molecule has 5 atom stereocenters. The lowest BCUT2D eigenvalue weighted by atomic mass is 9.83. The summed E-state index contributed by atoms with van der Waals surface area (Å²) in [6.07, 6.45) is 7.26. The van der Waals surface area contributed by atoms with E-state index >= 15 is 4.39 Å². The second kappa shape index (κ2) is 11.1. The standard InChI is InChI=1S/C22H36F2O4/c1-4-5-6-10-17(25)12-14-22(24)15-13-19(26)18(22)11-8-7-9-16(2)21(3,23)20(27)28/h7-8,17-19,25-26H,2,4-6,9-15H2,1,3H3,(H,27,28)/t17?,18-,19-,21?,22+/m0/s1. The minimum atomic E-state index is -2.50. The Balaban J connectivity index is 2.55. The van der Waals surface area contributed by atoms with Crippen molar-refractivity contribution in [1.29, 1.82) is 0 Å². The van der Waals surface area contributed by atoms with Crippen molar-refractivity contribution in [3.8, 4) is 0 Å². The lowest BCUT2D eigenvalue weighted by Gasteiger charge is -2.29. The van der Waals surface area contributed by atoms with Gasteiger partial charge in [0.15, 0.2) is 0 Å². The SMILES string of the molecule is C=C(CC=CC[C@H]1[C@@H](O)CC[C@]1(F)CCC(O)CCCCC)C(C)(F)C(=O)O. The number of alkyl halides is 2. The molecule has 0 radical (unpaired) electrons. The quantitative estimate of drug-likeness (QED) is 0.303. The van der Waals surface area contributed by atoms with Crippen LogP contribution in [0.4, 0.5) is 8.78 Å². The summed E-state index contributed by atoms with van der Waals surface area (Å²) in [6.45, 7) is 6.52. The summed E-state index contributed by atoms with van der Waals surface area (Å²) in [7, 11) is 0. The van der Waals surface area contributed by atoms with Crippen molar-refractivity contribution < 1.29 is 28.9 Å². The zero-order chi connectivity index (χ0) is 21.4. The fraction of sp³-hybridized carbons (Fsp3) is 0.773. The van der Waals surface area contributed by atoms with Gasteiger partial charge in [-0.2, -0.15) is 0 Å². The van der Waals surface area contributed by atoms with Crippen LogP contribution in [0, 0.1) is 5.92 Å². The Morgan fingerprint density at radius 1 is 1.36 bits per heavy atom. The van der Waals surface area contributed by atoms with Gasteiger partial charge >= 0.3 is 5.97 Å². The first-order valence-electron chi connectivity index (χ1n) is 10.3. The zero-order valence-electron chi connectivity index (χ0n) is 17.2. The predicted molar refractivity (Wildman–Crippen MR) is 107 cm³/mol. The summed E-state index contributed by atoms with van der Waals surface area (Å²) >= 11 is 0. The van der Waals surface area contributed by atoms with Crippen LogP contribution in [0.1, 0.15) is 78.1 Å². The molecule has 0 aliphatic heterocycles. The number of aliphatic hydroxyl groups excluding tert-OH is 2. The average molecular weight is 403 g/mol. The van der Waals surface area contributed by atoms with Crippen LogP contribution in [-0.2, 0) is 4.79 Å². The Morgan fingerprint density at radius 3 is 2.64 bits per heavy atom. The van der Waals surface area contributed by atoms with Gasteiger partial charge in [-0.15, -0.1) is 0 Å². The van der Waals surface area contributed by atoms with Crippen molar-refractivity contribution >= 4 is 5.97 Å². The number of carboxylic acids is 1. The summed E-state index contributed by atoms with van der Waals surface area (Å²) in [4.78, 5) is 10.9. The van der Waals surface area contributed by atoms with E-state index in [1.54, 1.807) is 12.2 Å². The van der Waals surface area contributed by atoms with E-state index < -0.39 is 35.4 Å². The molecule has 0 bridgehead atoms. The van der Waals surface area contributed by atoms with Gasteiger partial charge in [-0.25, -0.2) is 13.6 Å². The number of aliphatic hydroxyl groups is 2. The van der Waals surface area contributed by atoms with Gasteiger partial charge in [0.25, 0.3) is 0 Å². The molecule has 1 aliphatic carbocycles. The van der Waals surface area contributed by atoms with Crippen molar-refractivity contribution in [2.45, 2.75) is 102 Å². The number of aliphatic carboxylic acids is 1. The van der Waals surface area contributed by atoms with Crippen molar-refractivity contribution in [1.82, 2.24) is 0 Å². The van der Waals surface area contributed by atoms with Crippen molar-refractivity contribution in [2.24, 2.45) is 5.92 Å². The summed E-state index contributed by atoms with van der Waals surface area (Å²) in [6, 6.07) is 0. The number of carboxylic acid groups (broad SMARTS) is 1. The average Bonchev–Trinajstić information content (AvgIpc) is 2.92. The summed E-state index contributed by atoms with van der Waals surface area (Å²) in [5.74, 6) is -2.16. The highest BCUT2D eigenvalue weighted by molar-refractivity contribution is 5.80. The molecule has 1 aliphatic rings. The summed E-state index contributed by atoms with van der Waals surface area (Å²) in [5.41, 5.74) is -4.11. The third-order valence-corrected chi connectivity index (χ3v) is 6.01. The van der Waals surface area contributed by atoms with E-state index in [0.717, 1.165) is 26.2 Å². The minimum Gasteiger partial charge on any atom is -0.479 e. The van der Waals surface area contributed by atoms with E-state index in [2.05, 4.69) is 13.5 Å². The van der Waals surface area contributed by atoms with Gasteiger partial charge in [-0.3, -0.25) is 0 Å². The maximum Gasteiger partial charge on any atom is 0.345 e. The second-order valence-corrected chi connectivity index (χ2v) is 8.26. The van der Waals surface area contributed by atoms with E-state index in [1.165, 1.54) is 0 Å². The molecule has 2 unspecified atom stereocenters. The third-order valence-electron chi connectivity index (χ3n) is 6.01. The molecule has 1 rings (SSSR count). The Morgan fingerprint density at radius 2 is 2.04 bits per heavy atom. The first-order valence-corrected chi connectivity index (χ1v) is 10.3. The van der Waals surface area contributed by atoms with Crippen LogP contribution in [0.3, 0.4) is 0 Å². The van der Waals surface area contributed by atoms with Gasteiger partial charge in [0.2, 0.25) is 5.67 Å². The fourth-order valence-corrected chi connectivity index (χ4v) is 3.79.